The first-order chi connectivity index (χ1) is 15.0. The third-order valence-corrected chi connectivity index (χ3v) is 5.86. The fourth-order valence-corrected chi connectivity index (χ4v) is 3.75. The van der Waals surface area contributed by atoms with Gasteiger partial charge in [-0.05, 0) is 65.4 Å². The first kappa shape index (κ1) is 24.9. The maximum Gasteiger partial charge on any atom is 0.261 e. The Bertz CT molecular complexity index is 842. The van der Waals surface area contributed by atoms with Gasteiger partial charge in [0, 0.05) is 13.1 Å². The second-order valence-electron chi connectivity index (χ2n) is 7.55. The van der Waals surface area contributed by atoms with Gasteiger partial charge in [0.15, 0.2) is 6.61 Å². The number of rotatable bonds is 12. The maximum atomic E-state index is 13.1. The average Bonchev–Trinajstić information content (AvgIpc) is 2.78. The number of halogens is 1. The number of carbonyl (C=O) groups is 2. The van der Waals surface area contributed by atoms with E-state index in [0.29, 0.717) is 25.3 Å². The summed E-state index contributed by atoms with van der Waals surface area (Å²) < 4.78 is 6.61. The van der Waals surface area contributed by atoms with Crippen molar-refractivity contribution in [2.75, 3.05) is 19.7 Å². The maximum absolute atomic E-state index is 13.1. The molecule has 0 aliphatic heterocycles. The SMILES string of the molecule is CCCCNC(=O)[C@H](C)N(CCc1ccccc1)C(=O)COc1ccc(CC)cc1Br. The molecule has 5 nitrogen and oxygen atoms in total. The van der Waals surface area contributed by atoms with Crippen LogP contribution in [0.2, 0.25) is 0 Å². The van der Waals surface area contributed by atoms with Crippen LogP contribution in [0.25, 0.3) is 0 Å². The Morgan fingerprint density at radius 3 is 2.48 bits per heavy atom. The Morgan fingerprint density at radius 1 is 1.10 bits per heavy atom. The van der Waals surface area contributed by atoms with Gasteiger partial charge in [-0.25, -0.2) is 0 Å². The number of aryl methyl sites for hydroxylation is 1. The van der Waals surface area contributed by atoms with E-state index in [-0.39, 0.29) is 18.4 Å². The lowest BCUT2D eigenvalue weighted by Crippen LogP contribution is -2.50. The zero-order chi connectivity index (χ0) is 22.6. The molecule has 2 aromatic rings. The van der Waals surface area contributed by atoms with Crippen molar-refractivity contribution in [1.82, 2.24) is 10.2 Å². The van der Waals surface area contributed by atoms with Crippen molar-refractivity contribution in [1.29, 1.82) is 0 Å². The van der Waals surface area contributed by atoms with Crippen molar-refractivity contribution < 1.29 is 14.3 Å². The fraction of sp³-hybridized carbons (Fsp3) is 0.440. The topological polar surface area (TPSA) is 58.6 Å². The predicted molar refractivity (Wildman–Crippen MR) is 128 cm³/mol. The molecular formula is C25H33BrN2O3. The molecule has 0 fully saturated rings. The third-order valence-electron chi connectivity index (χ3n) is 5.24. The molecule has 2 rings (SSSR count). The summed E-state index contributed by atoms with van der Waals surface area (Å²) >= 11 is 3.51. The molecule has 0 bridgehead atoms. The fourth-order valence-electron chi connectivity index (χ4n) is 3.21. The Kier molecular flexibility index (Phi) is 10.6. The molecule has 1 atom stereocenters. The molecule has 0 radical (unpaired) electrons. The molecule has 0 aromatic heterocycles. The minimum Gasteiger partial charge on any atom is -0.483 e. The van der Waals surface area contributed by atoms with E-state index in [1.54, 1.807) is 11.8 Å². The summed E-state index contributed by atoms with van der Waals surface area (Å²) in [5.41, 5.74) is 2.31. The van der Waals surface area contributed by atoms with Crippen molar-refractivity contribution in [3.8, 4) is 5.75 Å². The van der Waals surface area contributed by atoms with E-state index < -0.39 is 6.04 Å². The largest absolute Gasteiger partial charge is 0.483 e. The summed E-state index contributed by atoms with van der Waals surface area (Å²) in [5.74, 6) is 0.275. The van der Waals surface area contributed by atoms with Crippen LogP contribution in [0.5, 0.6) is 5.75 Å². The lowest BCUT2D eigenvalue weighted by Gasteiger charge is -2.28. The molecule has 0 saturated heterocycles. The summed E-state index contributed by atoms with van der Waals surface area (Å²) in [5, 5.41) is 2.93. The summed E-state index contributed by atoms with van der Waals surface area (Å²) in [6.07, 6.45) is 3.52. The molecule has 1 N–H and O–H groups in total. The molecule has 2 aromatic carbocycles. The standard InChI is InChI=1S/C25H33BrN2O3/c1-4-6-15-27-25(30)19(3)28(16-14-21-10-8-7-9-11-21)24(29)18-31-23-13-12-20(5-2)17-22(23)26/h7-13,17,19H,4-6,14-16,18H2,1-3H3,(H,27,30)/t19-/m0/s1. The van der Waals surface area contributed by atoms with Crippen LogP contribution in [0.1, 0.15) is 44.7 Å². The number of unbranched alkanes of at least 4 members (excludes halogenated alkanes) is 1. The summed E-state index contributed by atoms with van der Waals surface area (Å²) in [7, 11) is 0. The van der Waals surface area contributed by atoms with Gasteiger partial charge < -0.3 is 15.0 Å². The highest BCUT2D eigenvalue weighted by Gasteiger charge is 2.26. The molecular weight excluding hydrogens is 456 g/mol. The van der Waals surface area contributed by atoms with Gasteiger partial charge in [0.05, 0.1) is 4.47 Å². The minimum atomic E-state index is -0.567. The molecule has 0 aliphatic carbocycles. The summed E-state index contributed by atoms with van der Waals surface area (Å²) in [4.78, 5) is 27.3. The molecule has 0 unspecified atom stereocenters. The highest BCUT2D eigenvalue weighted by molar-refractivity contribution is 9.10. The first-order valence-corrected chi connectivity index (χ1v) is 11.8. The Hall–Kier alpha value is -2.34. The van der Waals surface area contributed by atoms with E-state index in [1.165, 1.54) is 5.56 Å². The van der Waals surface area contributed by atoms with Crippen LogP contribution in [-0.4, -0.2) is 42.5 Å². The van der Waals surface area contributed by atoms with E-state index in [1.807, 2.05) is 48.5 Å². The van der Waals surface area contributed by atoms with Crippen LogP contribution in [0.3, 0.4) is 0 Å². The van der Waals surface area contributed by atoms with E-state index in [2.05, 4.69) is 35.1 Å². The van der Waals surface area contributed by atoms with E-state index in [4.69, 9.17) is 4.74 Å². The van der Waals surface area contributed by atoms with E-state index in [9.17, 15) is 9.59 Å². The average molecular weight is 489 g/mol. The number of hydrogen-bond acceptors (Lipinski definition) is 3. The number of benzene rings is 2. The van der Waals surface area contributed by atoms with Crippen LogP contribution < -0.4 is 10.1 Å². The second kappa shape index (κ2) is 13.2. The number of amides is 2. The molecule has 168 valence electrons. The van der Waals surface area contributed by atoms with Crippen LogP contribution in [0.15, 0.2) is 53.0 Å². The molecule has 31 heavy (non-hydrogen) atoms. The van der Waals surface area contributed by atoms with E-state index >= 15 is 0 Å². The van der Waals surface area contributed by atoms with Crippen molar-refractivity contribution in [3.05, 3.63) is 64.1 Å². The second-order valence-corrected chi connectivity index (χ2v) is 8.40. The van der Waals surface area contributed by atoms with Gasteiger partial charge >= 0.3 is 0 Å². The number of nitrogens with one attached hydrogen (secondary N) is 1. The van der Waals surface area contributed by atoms with Gasteiger partial charge in [-0.15, -0.1) is 0 Å². The number of carbonyl (C=O) groups excluding carboxylic acids is 2. The normalized spacial score (nSPS) is 11.6. The summed E-state index contributed by atoms with van der Waals surface area (Å²) in [6, 6.07) is 15.2. The summed E-state index contributed by atoms with van der Waals surface area (Å²) in [6.45, 7) is 6.89. The van der Waals surface area contributed by atoms with Gasteiger partial charge in [0.1, 0.15) is 11.8 Å². The van der Waals surface area contributed by atoms with Gasteiger partial charge in [0.25, 0.3) is 5.91 Å². The van der Waals surface area contributed by atoms with Crippen LogP contribution in [-0.2, 0) is 22.4 Å². The monoisotopic (exact) mass is 488 g/mol. The quantitative estimate of drug-likeness (QED) is 0.437. The smallest absolute Gasteiger partial charge is 0.261 e. The number of ether oxygens (including phenoxy) is 1. The van der Waals surface area contributed by atoms with Gasteiger partial charge in [-0.3, -0.25) is 9.59 Å². The molecule has 0 aliphatic rings. The number of nitrogens with zero attached hydrogens (tertiary/aromatic N) is 1. The van der Waals surface area contributed by atoms with Crippen molar-refractivity contribution in [2.24, 2.45) is 0 Å². The minimum absolute atomic E-state index is 0.120. The van der Waals surface area contributed by atoms with Crippen molar-refractivity contribution in [3.63, 3.8) is 0 Å². The molecule has 0 saturated carbocycles. The van der Waals surface area contributed by atoms with Gasteiger partial charge in [0.2, 0.25) is 5.91 Å². The zero-order valence-corrected chi connectivity index (χ0v) is 20.3. The Balaban J connectivity index is 2.06. The van der Waals surface area contributed by atoms with E-state index in [0.717, 1.165) is 29.3 Å². The molecule has 0 spiro atoms. The molecule has 2 amide bonds. The van der Waals surface area contributed by atoms with Gasteiger partial charge in [-0.2, -0.15) is 0 Å². The van der Waals surface area contributed by atoms with Gasteiger partial charge in [-0.1, -0.05) is 56.7 Å². The highest BCUT2D eigenvalue weighted by atomic mass is 79.9. The molecule has 0 heterocycles. The third kappa shape index (κ3) is 8.02. The van der Waals surface area contributed by atoms with Crippen LogP contribution >= 0.6 is 15.9 Å². The highest BCUT2D eigenvalue weighted by Crippen LogP contribution is 2.26. The zero-order valence-electron chi connectivity index (χ0n) is 18.7. The lowest BCUT2D eigenvalue weighted by molar-refractivity contribution is -0.141. The van der Waals surface area contributed by atoms with Crippen LogP contribution in [0.4, 0.5) is 0 Å². The van der Waals surface area contributed by atoms with Crippen LogP contribution in [0, 0.1) is 0 Å². The Labute approximate surface area is 194 Å². The number of hydrogen-bond donors (Lipinski definition) is 1. The first-order valence-electron chi connectivity index (χ1n) is 11.0. The Morgan fingerprint density at radius 2 is 1.84 bits per heavy atom. The lowest BCUT2D eigenvalue weighted by atomic mass is 10.1. The predicted octanol–water partition coefficient (Wildman–Crippen LogP) is 4.77. The van der Waals surface area contributed by atoms with Crippen molar-refractivity contribution >= 4 is 27.7 Å². The molecule has 6 heteroatoms. The van der Waals surface area contributed by atoms with Crippen molar-refractivity contribution in [2.45, 2.75) is 52.5 Å².